The first-order valence-electron chi connectivity index (χ1n) is 11.2. The minimum Gasteiger partial charge on any atom is -0.491 e. The Hall–Kier alpha value is -3.67. The molecule has 0 aliphatic carbocycles. The van der Waals surface area contributed by atoms with E-state index >= 15 is 0 Å². The minimum atomic E-state index is -0.387. The average molecular weight is 444 g/mol. The number of ether oxygens (including phenoxy) is 1. The molecule has 5 rings (SSSR count). The van der Waals surface area contributed by atoms with Crippen LogP contribution in [0.15, 0.2) is 66.7 Å². The molecule has 0 bridgehead atoms. The molecule has 0 spiro atoms. The summed E-state index contributed by atoms with van der Waals surface area (Å²) in [5.41, 5.74) is 4.47. The summed E-state index contributed by atoms with van der Waals surface area (Å²) >= 11 is 0. The van der Waals surface area contributed by atoms with E-state index in [1.54, 1.807) is 18.2 Å². The smallest absolute Gasteiger partial charge is 0.227 e. The third-order valence-electron chi connectivity index (χ3n) is 6.23. The number of para-hydroxylation sites is 3. The zero-order valence-electron chi connectivity index (χ0n) is 18.8. The van der Waals surface area contributed by atoms with Crippen molar-refractivity contribution in [1.29, 1.82) is 0 Å². The van der Waals surface area contributed by atoms with Gasteiger partial charge in [0.05, 0.1) is 23.3 Å². The molecule has 1 saturated heterocycles. The monoisotopic (exact) mass is 443 g/mol. The first kappa shape index (κ1) is 21.2. The van der Waals surface area contributed by atoms with Gasteiger partial charge in [0.2, 0.25) is 5.91 Å². The number of aryl methyl sites for hydroxylation is 2. The molecule has 0 radical (unpaired) electrons. The molecule has 3 aromatic carbocycles. The van der Waals surface area contributed by atoms with Gasteiger partial charge >= 0.3 is 0 Å². The van der Waals surface area contributed by atoms with Crippen molar-refractivity contribution < 1.29 is 13.9 Å². The highest BCUT2D eigenvalue weighted by molar-refractivity contribution is 5.96. The van der Waals surface area contributed by atoms with Crippen molar-refractivity contribution in [2.24, 2.45) is 0 Å². The Labute approximate surface area is 192 Å². The third kappa shape index (κ3) is 4.09. The molecular formula is C27H26FN3O2. The molecule has 5 nitrogen and oxygen atoms in total. The molecule has 1 fully saturated rings. The number of benzene rings is 3. The van der Waals surface area contributed by atoms with Crippen molar-refractivity contribution in [3.8, 4) is 5.75 Å². The van der Waals surface area contributed by atoms with Gasteiger partial charge in [-0.15, -0.1) is 0 Å². The Morgan fingerprint density at radius 1 is 1.06 bits per heavy atom. The highest BCUT2D eigenvalue weighted by Gasteiger charge is 2.35. The van der Waals surface area contributed by atoms with E-state index in [9.17, 15) is 9.18 Å². The lowest BCUT2D eigenvalue weighted by atomic mass is 10.1. The van der Waals surface area contributed by atoms with Crippen LogP contribution in [-0.4, -0.2) is 28.6 Å². The molecule has 1 atom stereocenters. The van der Waals surface area contributed by atoms with Crippen LogP contribution >= 0.6 is 0 Å². The zero-order valence-corrected chi connectivity index (χ0v) is 18.8. The maximum Gasteiger partial charge on any atom is 0.227 e. The number of rotatable bonds is 6. The fraction of sp³-hybridized carbons (Fsp3) is 0.259. The molecule has 33 heavy (non-hydrogen) atoms. The number of carbonyl (C=O) groups excluding carboxylic acids is 1. The number of hydrogen-bond acceptors (Lipinski definition) is 3. The van der Waals surface area contributed by atoms with Gasteiger partial charge in [0.25, 0.3) is 0 Å². The van der Waals surface area contributed by atoms with Crippen LogP contribution < -0.4 is 9.64 Å². The van der Waals surface area contributed by atoms with Gasteiger partial charge < -0.3 is 14.2 Å². The molecule has 168 valence electrons. The molecule has 0 saturated carbocycles. The summed E-state index contributed by atoms with van der Waals surface area (Å²) in [5.74, 6) is 1.12. The number of carbonyl (C=O) groups is 1. The summed E-state index contributed by atoms with van der Waals surface area (Å²) in [4.78, 5) is 19.2. The quantitative estimate of drug-likeness (QED) is 0.401. The number of aromatic nitrogens is 2. The Morgan fingerprint density at radius 2 is 1.85 bits per heavy atom. The van der Waals surface area contributed by atoms with Crippen LogP contribution in [0, 0.1) is 19.7 Å². The van der Waals surface area contributed by atoms with Crippen molar-refractivity contribution in [2.75, 3.05) is 18.1 Å². The second-order valence-electron chi connectivity index (χ2n) is 8.58. The molecule has 0 N–H and O–H groups in total. The van der Waals surface area contributed by atoms with Crippen molar-refractivity contribution >= 4 is 22.6 Å². The molecule has 1 aromatic heterocycles. The van der Waals surface area contributed by atoms with E-state index in [2.05, 4.69) is 16.7 Å². The van der Waals surface area contributed by atoms with Crippen LogP contribution in [0.1, 0.15) is 29.3 Å². The van der Waals surface area contributed by atoms with Gasteiger partial charge in [0.1, 0.15) is 24.0 Å². The van der Waals surface area contributed by atoms with Crippen molar-refractivity contribution in [2.45, 2.75) is 32.7 Å². The second kappa shape index (κ2) is 8.70. The molecule has 1 aliphatic heterocycles. The SMILES string of the molecule is Cc1ccc(C)c(OCCn2c([C@@H]3CC(=O)N(c4ccccc4F)C3)nc3ccccc32)c1. The van der Waals surface area contributed by atoms with Crippen molar-refractivity contribution in [3.63, 3.8) is 0 Å². The molecule has 4 aromatic rings. The van der Waals surface area contributed by atoms with E-state index < -0.39 is 0 Å². The molecule has 1 aliphatic rings. The maximum atomic E-state index is 14.3. The minimum absolute atomic E-state index is 0.0876. The van der Waals surface area contributed by atoms with E-state index in [-0.39, 0.29) is 17.6 Å². The number of imidazole rings is 1. The average Bonchev–Trinajstić information content (AvgIpc) is 3.37. The number of nitrogens with zero attached hydrogens (tertiary/aromatic N) is 3. The van der Waals surface area contributed by atoms with Gasteiger partial charge in [-0.1, -0.05) is 36.4 Å². The summed E-state index contributed by atoms with van der Waals surface area (Å²) in [6.07, 6.45) is 0.301. The van der Waals surface area contributed by atoms with Crippen LogP contribution in [-0.2, 0) is 11.3 Å². The van der Waals surface area contributed by atoms with Gasteiger partial charge in [0, 0.05) is 18.9 Å². The van der Waals surface area contributed by atoms with E-state index in [1.165, 1.54) is 11.0 Å². The molecule has 6 heteroatoms. The van der Waals surface area contributed by atoms with E-state index in [1.807, 2.05) is 44.2 Å². The molecular weight excluding hydrogens is 417 g/mol. The zero-order chi connectivity index (χ0) is 22.9. The number of anilines is 1. The van der Waals surface area contributed by atoms with Crippen molar-refractivity contribution in [3.05, 3.63) is 89.5 Å². The molecule has 0 unspecified atom stereocenters. The summed E-state index contributed by atoms with van der Waals surface area (Å²) in [7, 11) is 0. The number of amides is 1. The largest absolute Gasteiger partial charge is 0.491 e. The van der Waals surface area contributed by atoms with Crippen LogP contribution in [0.4, 0.5) is 10.1 Å². The molecule has 2 heterocycles. The van der Waals surface area contributed by atoms with Gasteiger partial charge in [0.15, 0.2) is 0 Å². The lowest BCUT2D eigenvalue weighted by Crippen LogP contribution is -2.25. The number of fused-ring (bicyclic) bond motifs is 1. The van der Waals surface area contributed by atoms with Gasteiger partial charge in [-0.05, 0) is 55.3 Å². The second-order valence-corrected chi connectivity index (χ2v) is 8.58. The topological polar surface area (TPSA) is 47.4 Å². The fourth-order valence-corrected chi connectivity index (χ4v) is 4.53. The van der Waals surface area contributed by atoms with E-state index in [0.717, 1.165) is 33.7 Å². The van der Waals surface area contributed by atoms with E-state index in [4.69, 9.17) is 9.72 Å². The highest BCUT2D eigenvalue weighted by Crippen LogP contribution is 2.34. The van der Waals surface area contributed by atoms with Gasteiger partial charge in [-0.3, -0.25) is 4.79 Å². The fourth-order valence-electron chi connectivity index (χ4n) is 4.53. The highest BCUT2D eigenvalue weighted by atomic mass is 19.1. The Morgan fingerprint density at radius 3 is 2.70 bits per heavy atom. The third-order valence-corrected chi connectivity index (χ3v) is 6.23. The number of hydrogen-bond donors (Lipinski definition) is 0. The Bertz CT molecular complexity index is 1330. The predicted molar refractivity (Wildman–Crippen MR) is 127 cm³/mol. The summed E-state index contributed by atoms with van der Waals surface area (Å²) in [5, 5.41) is 0. The van der Waals surface area contributed by atoms with Crippen LogP contribution in [0.25, 0.3) is 11.0 Å². The first-order valence-corrected chi connectivity index (χ1v) is 11.2. The lowest BCUT2D eigenvalue weighted by Gasteiger charge is -2.18. The molecule has 1 amide bonds. The standard InChI is InChI=1S/C27H26FN3O2/c1-18-11-12-19(2)25(15-18)33-14-13-30-24-10-6-4-8-22(24)29-27(30)20-16-26(32)31(17-20)23-9-5-3-7-21(23)28/h3-12,15,20H,13-14,16-17H2,1-2H3/t20-/m1/s1. The van der Waals surface area contributed by atoms with Crippen LogP contribution in [0.3, 0.4) is 0 Å². The number of halogens is 1. The van der Waals surface area contributed by atoms with Crippen LogP contribution in [0.5, 0.6) is 5.75 Å². The Kier molecular flexibility index (Phi) is 5.58. The summed E-state index contributed by atoms with van der Waals surface area (Å²) in [6, 6.07) is 20.6. The predicted octanol–water partition coefficient (Wildman–Crippen LogP) is 5.39. The van der Waals surface area contributed by atoms with Crippen LogP contribution in [0.2, 0.25) is 0 Å². The first-order chi connectivity index (χ1) is 16.0. The van der Waals surface area contributed by atoms with E-state index in [0.29, 0.717) is 31.8 Å². The van der Waals surface area contributed by atoms with Gasteiger partial charge in [-0.2, -0.15) is 0 Å². The normalized spacial score (nSPS) is 16.0. The summed E-state index contributed by atoms with van der Waals surface area (Å²) < 4.78 is 22.6. The maximum absolute atomic E-state index is 14.3. The summed E-state index contributed by atoms with van der Waals surface area (Å²) in [6.45, 7) is 5.57. The lowest BCUT2D eigenvalue weighted by molar-refractivity contribution is -0.117. The van der Waals surface area contributed by atoms with Crippen molar-refractivity contribution in [1.82, 2.24) is 9.55 Å². The Balaban J connectivity index is 1.42. The van der Waals surface area contributed by atoms with Gasteiger partial charge in [-0.25, -0.2) is 9.37 Å².